The van der Waals surface area contributed by atoms with Gasteiger partial charge < -0.3 is 20.3 Å². The molecule has 2 N–H and O–H groups in total. The summed E-state index contributed by atoms with van der Waals surface area (Å²) >= 11 is 0. The molecule has 9 nitrogen and oxygen atoms in total. The van der Waals surface area contributed by atoms with Gasteiger partial charge in [-0.1, -0.05) is 6.42 Å². The largest absolute Gasteiger partial charge is 0.522 e. The number of ether oxygens (including phenoxy) is 2. The van der Waals surface area contributed by atoms with E-state index in [1.54, 1.807) is 0 Å². The normalized spacial score (nSPS) is 36.7. The molecule has 4 heterocycles. The summed E-state index contributed by atoms with van der Waals surface area (Å²) in [6.45, 7) is -1.01. The summed E-state index contributed by atoms with van der Waals surface area (Å²) in [6.07, 6.45) is -5.62. The molecule has 0 aromatic heterocycles. The molecule has 6 fully saturated rings. The van der Waals surface area contributed by atoms with Crippen LogP contribution in [0.3, 0.4) is 0 Å². The zero-order valence-corrected chi connectivity index (χ0v) is 20.5. The third kappa shape index (κ3) is 4.78. The molecule has 6 rings (SSSR count). The summed E-state index contributed by atoms with van der Waals surface area (Å²) in [6, 6.07) is -2.46. The summed E-state index contributed by atoms with van der Waals surface area (Å²) in [5, 5.41) is 5.10. The summed E-state index contributed by atoms with van der Waals surface area (Å²) in [5.41, 5.74) is -2.77. The van der Waals surface area contributed by atoms with Crippen molar-refractivity contribution in [3.63, 3.8) is 0 Å². The van der Waals surface area contributed by atoms with Gasteiger partial charge in [-0.2, -0.15) is 0 Å². The minimum atomic E-state index is -5.06. The Morgan fingerprint density at radius 1 is 1.18 bits per heavy atom. The molecule has 212 valence electrons. The van der Waals surface area contributed by atoms with Crippen molar-refractivity contribution in [3.05, 3.63) is 0 Å². The van der Waals surface area contributed by atoms with E-state index in [2.05, 4.69) is 15.4 Å². The van der Waals surface area contributed by atoms with Crippen molar-refractivity contribution in [1.82, 2.24) is 15.5 Å². The fraction of sp³-hybridized carbons (Fsp3) is 0.833. The molecule has 6 aliphatic rings. The Morgan fingerprint density at radius 3 is 2.53 bits per heavy atom. The van der Waals surface area contributed by atoms with Crippen LogP contribution >= 0.6 is 0 Å². The van der Waals surface area contributed by atoms with Gasteiger partial charge in [-0.15, -0.1) is 13.2 Å². The number of Topliss-reactive ketones (excluding diaryl/α,β-unsaturated/α-hetero) is 1. The van der Waals surface area contributed by atoms with Gasteiger partial charge >= 0.3 is 6.36 Å². The quantitative estimate of drug-likeness (QED) is 0.421. The van der Waals surface area contributed by atoms with E-state index in [1.807, 2.05) is 0 Å². The van der Waals surface area contributed by atoms with Gasteiger partial charge in [0.15, 0.2) is 5.78 Å². The molecule has 1 unspecified atom stereocenters. The molecule has 0 radical (unpaired) electrons. The topological polar surface area (TPSA) is 114 Å². The molecule has 14 heteroatoms. The molecular weight excluding hydrogens is 521 g/mol. The monoisotopic (exact) mass is 551 g/mol. The highest BCUT2D eigenvalue weighted by Crippen LogP contribution is 2.62. The number of amides is 3. The van der Waals surface area contributed by atoms with Crippen molar-refractivity contribution in [2.75, 3.05) is 26.3 Å². The zero-order valence-electron chi connectivity index (χ0n) is 20.5. The number of hydrogen-bond acceptors (Lipinski definition) is 6. The van der Waals surface area contributed by atoms with E-state index in [1.165, 1.54) is 4.90 Å². The number of carbonyl (C=O) groups excluding carboxylic acids is 4. The number of halogens is 5. The molecule has 5 atom stereocenters. The number of rotatable bonds is 9. The first kappa shape index (κ1) is 27.2. The first-order valence-electron chi connectivity index (χ1n) is 12.9. The van der Waals surface area contributed by atoms with E-state index < -0.39 is 66.0 Å². The van der Waals surface area contributed by atoms with Crippen LogP contribution in [-0.2, 0) is 28.7 Å². The average Bonchev–Trinajstić information content (AvgIpc) is 3.61. The van der Waals surface area contributed by atoms with Gasteiger partial charge in [0.05, 0.1) is 18.1 Å². The Kier molecular flexibility index (Phi) is 6.94. The average molecular weight is 552 g/mol. The first-order valence-corrected chi connectivity index (χ1v) is 12.9. The predicted molar refractivity (Wildman–Crippen MR) is 117 cm³/mol. The SMILES string of the molecule is O=C(COC(F)(F)F)C(C[C@@H]1CCNC1=O)NC(=O)[C@@H]1[C@H]2CCC[C@H]2CN1C(=O)C12CC(C(F)F)(CO1)C2. The number of carbonyl (C=O) groups is 4. The first-order chi connectivity index (χ1) is 17.8. The molecule has 0 spiro atoms. The van der Waals surface area contributed by atoms with Gasteiger partial charge in [-0.05, 0) is 50.4 Å². The standard InChI is InChI=1S/C24H30F5N3O6/c25-20(26)22-9-23(10-22,38-11-22)21(36)32-7-13-2-1-3-14(13)17(32)19(35)31-15(6-12-4-5-30-18(12)34)16(33)8-37-24(27,28)29/h12-15,17,20H,1-11H2,(H,30,34)(H,31,35)/t12-,13-,14-,15?,17-,22?,23?/m0/s1. The molecule has 4 aliphatic heterocycles. The maximum Gasteiger partial charge on any atom is 0.522 e. The molecule has 0 aromatic carbocycles. The van der Waals surface area contributed by atoms with Gasteiger partial charge in [0.25, 0.3) is 5.91 Å². The van der Waals surface area contributed by atoms with Gasteiger partial charge in [0, 0.05) is 19.0 Å². The van der Waals surface area contributed by atoms with Gasteiger partial charge in [-0.3, -0.25) is 23.9 Å². The summed E-state index contributed by atoms with van der Waals surface area (Å²) in [7, 11) is 0. The fourth-order valence-corrected chi connectivity index (χ4v) is 7.05. The fourth-order valence-electron chi connectivity index (χ4n) is 7.05. The number of ketones is 1. The molecule has 38 heavy (non-hydrogen) atoms. The Morgan fingerprint density at radius 2 is 1.92 bits per heavy atom. The van der Waals surface area contributed by atoms with Gasteiger partial charge in [0.1, 0.15) is 18.2 Å². The second-order valence-corrected chi connectivity index (χ2v) is 11.3. The van der Waals surface area contributed by atoms with Crippen molar-refractivity contribution < 1.29 is 50.6 Å². The lowest BCUT2D eigenvalue weighted by atomic mass is 9.62. The smallest absolute Gasteiger partial charge is 0.364 e. The minimum absolute atomic E-state index is 0.00393. The molecule has 2 bridgehead atoms. The van der Waals surface area contributed by atoms with Gasteiger partial charge in [0.2, 0.25) is 18.2 Å². The van der Waals surface area contributed by atoms with Crippen molar-refractivity contribution in [2.24, 2.45) is 23.2 Å². The third-order valence-corrected chi connectivity index (χ3v) is 8.95. The molecule has 3 amide bonds. The number of nitrogens with one attached hydrogen (secondary N) is 2. The second-order valence-electron chi connectivity index (χ2n) is 11.3. The van der Waals surface area contributed by atoms with E-state index >= 15 is 0 Å². The molecule has 2 saturated carbocycles. The van der Waals surface area contributed by atoms with Crippen LogP contribution in [-0.4, -0.2) is 85.2 Å². The number of hydrogen-bond donors (Lipinski definition) is 2. The number of fused-ring (bicyclic) bond motifs is 2. The van der Waals surface area contributed by atoms with Crippen LogP contribution in [0.4, 0.5) is 22.0 Å². The molecule has 0 aromatic rings. The van der Waals surface area contributed by atoms with Crippen LogP contribution in [0.25, 0.3) is 0 Å². The highest BCUT2D eigenvalue weighted by molar-refractivity contribution is 5.96. The Bertz CT molecular complexity index is 1000. The molecule has 2 aliphatic carbocycles. The van der Waals surface area contributed by atoms with Crippen LogP contribution in [0.15, 0.2) is 0 Å². The summed E-state index contributed by atoms with van der Waals surface area (Å²) < 4.78 is 74.0. The molecule has 4 saturated heterocycles. The molecular formula is C24H30F5N3O6. The lowest BCUT2D eigenvalue weighted by molar-refractivity contribution is -0.321. The summed E-state index contributed by atoms with van der Waals surface area (Å²) in [5.74, 6) is -3.60. The lowest BCUT2D eigenvalue weighted by Gasteiger charge is -2.45. The minimum Gasteiger partial charge on any atom is -0.364 e. The van der Waals surface area contributed by atoms with E-state index in [0.717, 1.165) is 12.8 Å². The lowest BCUT2D eigenvalue weighted by Crippen LogP contribution is -2.61. The van der Waals surface area contributed by atoms with Crippen LogP contribution in [0.5, 0.6) is 0 Å². The number of nitrogens with zero attached hydrogens (tertiary/aromatic N) is 1. The second kappa shape index (κ2) is 9.68. The van der Waals surface area contributed by atoms with Crippen LogP contribution < -0.4 is 10.6 Å². The highest BCUT2D eigenvalue weighted by atomic mass is 19.4. The van der Waals surface area contributed by atoms with Gasteiger partial charge in [-0.25, -0.2) is 8.78 Å². The van der Waals surface area contributed by atoms with Crippen molar-refractivity contribution in [1.29, 1.82) is 0 Å². The van der Waals surface area contributed by atoms with Crippen LogP contribution in [0, 0.1) is 23.2 Å². The highest BCUT2D eigenvalue weighted by Gasteiger charge is 2.71. The number of likely N-dealkylation sites (tertiary alicyclic amines) is 1. The Labute approximate surface area is 215 Å². The van der Waals surface area contributed by atoms with E-state index in [-0.39, 0.29) is 50.2 Å². The Balaban J connectivity index is 1.33. The van der Waals surface area contributed by atoms with Crippen molar-refractivity contribution >= 4 is 23.5 Å². The maximum atomic E-state index is 13.6. The third-order valence-electron chi connectivity index (χ3n) is 8.95. The van der Waals surface area contributed by atoms with Crippen LogP contribution in [0.1, 0.15) is 44.9 Å². The van der Waals surface area contributed by atoms with E-state index in [9.17, 15) is 41.1 Å². The van der Waals surface area contributed by atoms with Crippen molar-refractivity contribution in [2.45, 2.75) is 75.4 Å². The summed E-state index contributed by atoms with van der Waals surface area (Å²) in [4.78, 5) is 53.3. The maximum absolute atomic E-state index is 13.6. The van der Waals surface area contributed by atoms with E-state index in [0.29, 0.717) is 19.4 Å². The number of alkyl halides is 5. The van der Waals surface area contributed by atoms with Crippen molar-refractivity contribution in [3.8, 4) is 0 Å². The zero-order chi connectivity index (χ0) is 27.5. The van der Waals surface area contributed by atoms with E-state index in [4.69, 9.17) is 4.74 Å². The predicted octanol–water partition coefficient (Wildman–Crippen LogP) is 1.54. The Hall–Kier alpha value is -2.35. The van der Waals surface area contributed by atoms with Crippen LogP contribution in [0.2, 0.25) is 0 Å².